The van der Waals surface area contributed by atoms with Crippen LogP contribution in [-0.2, 0) is 0 Å². The van der Waals surface area contributed by atoms with E-state index in [9.17, 15) is 0 Å². The van der Waals surface area contributed by atoms with Crippen molar-refractivity contribution in [3.63, 3.8) is 0 Å². The van der Waals surface area contributed by atoms with E-state index in [0.29, 0.717) is 0 Å². The van der Waals surface area contributed by atoms with E-state index in [0.717, 1.165) is 22.1 Å². The molecule has 0 bridgehead atoms. The van der Waals surface area contributed by atoms with Crippen molar-refractivity contribution in [2.75, 3.05) is 23.9 Å². The second kappa shape index (κ2) is 6.64. The van der Waals surface area contributed by atoms with Crippen molar-refractivity contribution in [3.8, 4) is 12.3 Å². The van der Waals surface area contributed by atoms with Gasteiger partial charge < -0.3 is 9.80 Å². The molecular formula is C19H20N2S. The van der Waals surface area contributed by atoms with Gasteiger partial charge in [-0.25, -0.2) is 0 Å². The molecule has 0 radical (unpaired) electrons. The lowest BCUT2D eigenvalue weighted by atomic mass is 10.1. The van der Waals surface area contributed by atoms with E-state index in [2.05, 4.69) is 38.0 Å². The molecule has 2 rings (SSSR count). The topological polar surface area (TPSA) is 6.48 Å². The van der Waals surface area contributed by atoms with Gasteiger partial charge in [0.25, 0.3) is 0 Å². The highest BCUT2D eigenvalue weighted by Gasteiger charge is 2.13. The molecule has 0 amide bonds. The summed E-state index contributed by atoms with van der Waals surface area (Å²) < 4.78 is 0. The zero-order valence-corrected chi connectivity index (χ0v) is 14.2. The molecule has 0 atom stereocenters. The molecule has 0 saturated carbocycles. The van der Waals surface area contributed by atoms with Gasteiger partial charge in [0, 0.05) is 31.0 Å². The van der Waals surface area contributed by atoms with E-state index in [1.54, 1.807) is 0 Å². The van der Waals surface area contributed by atoms with E-state index in [1.165, 1.54) is 11.1 Å². The molecule has 0 aliphatic rings. The molecule has 0 spiro atoms. The SMILES string of the molecule is C#Cc1ccc(N(C)C(=S)N(C)c2ccc(C)c(C)c2)cc1. The maximum atomic E-state index is 5.61. The predicted molar refractivity (Wildman–Crippen MR) is 99.7 cm³/mol. The third-order valence-electron chi connectivity index (χ3n) is 3.87. The normalized spacial score (nSPS) is 9.95. The van der Waals surface area contributed by atoms with E-state index >= 15 is 0 Å². The Morgan fingerprint density at radius 1 is 0.909 bits per heavy atom. The first-order valence-corrected chi connectivity index (χ1v) is 7.50. The lowest BCUT2D eigenvalue weighted by molar-refractivity contribution is 1.17. The van der Waals surface area contributed by atoms with Gasteiger partial charge in [-0.2, -0.15) is 0 Å². The van der Waals surface area contributed by atoms with Crippen LogP contribution in [0.3, 0.4) is 0 Å². The van der Waals surface area contributed by atoms with Gasteiger partial charge in [0.15, 0.2) is 5.11 Å². The summed E-state index contributed by atoms with van der Waals surface area (Å²) in [4.78, 5) is 3.99. The van der Waals surface area contributed by atoms with Crippen molar-refractivity contribution in [1.29, 1.82) is 0 Å². The maximum absolute atomic E-state index is 5.61. The summed E-state index contributed by atoms with van der Waals surface area (Å²) in [5.41, 5.74) is 5.50. The average Bonchev–Trinajstić information content (AvgIpc) is 2.55. The van der Waals surface area contributed by atoms with E-state index < -0.39 is 0 Å². The van der Waals surface area contributed by atoms with Gasteiger partial charge in [0.05, 0.1) is 0 Å². The number of hydrogen-bond acceptors (Lipinski definition) is 1. The van der Waals surface area contributed by atoms with Gasteiger partial charge in [0.1, 0.15) is 0 Å². The zero-order valence-electron chi connectivity index (χ0n) is 13.4. The first kappa shape index (κ1) is 16.1. The van der Waals surface area contributed by atoms with Crippen molar-refractivity contribution in [2.24, 2.45) is 0 Å². The van der Waals surface area contributed by atoms with Crippen LogP contribution < -0.4 is 9.80 Å². The monoisotopic (exact) mass is 308 g/mol. The molecule has 2 aromatic carbocycles. The summed E-state index contributed by atoms with van der Waals surface area (Å²) in [6.07, 6.45) is 5.39. The summed E-state index contributed by atoms with van der Waals surface area (Å²) >= 11 is 5.61. The molecule has 0 aliphatic heterocycles. The standard InChI is InChI=1S/C19H20N2S/c1-6-16-8-11-17(12-9-16)20(4)19(22)21(5)18-10-7-14(2)15(3)13-18/h1,7-13H,2-5H3. The third kappa shape index (κ3) is 3.29. The fourth-order valence-electron chi connectivity index (χ4n) is 2.16. The number of aryl methyl sites for hydroxylation is 2. The van der Waals surface area contributed by atoms with Crippen LogP contribution in [0.4, 0.5) is 11.4 Å². The number of rotatable bonds is 2. The number of thiocarbonyl (C=S) groups is 1. The minimum atomic E-state index is 0.733. The van der Waals surface area contributed by atoms with E-state index in [4.69, 9.17) is 18.6 Å². The van der Waals surface area contributed by atoms with Crippen molar-refractivity contribution < 1.29 is 0 Å². The van der Waals surface area contributed by atoms with Crippen molar-refractivity contribution in [3.05, 3.63) is 59.2 Å². The Morgan fingerprint density at radius 2 is 1.45 bits per heavy atom. The fourth-order valence-corrected chi connectivity index (χ4v) is 2.37. The summed E-state index contributed by atoms with van der Waals surface area (Å²) in [5, 5.41) is 0.733. The first-order chi connectivity index (χ1) is 10.4. The highest BCUT2D eigenvalue weighted by Crippen LogP contribution is 2.21. The van der Waals surface area contributed by atoms with Crippen LogP contribution in [0.15, 0.2) is 42.5 Å². The van der Waals surface area contributed by atoms with Crippen LogP contribution in [0, 0.1) is 26.2 Å². The number of nitrogens with zero attached hydrogens (tertiary/aromatic N) is 2. The minimum Gasteiger partial charge on any atom is -0.322 e. The van der Waals surface area contributed by atoms with Crippen LogP contribution in [-0.4, -0.2) is 19.2 Å². The fraction of sp³-hybridized carbons (Fsp3) is 0.211. The van der Waals surface area contributed by atoms with Crippen LogP contribution in [0.2, 0.25) is 0 Å². The molecule has 2 aromatic rings. The van der Waals surface area contributed by atoms with Gasteiger partial charge in [-0.05, 0) is 73.6 Å². The highest BCUT2D eigenvalue weighted by atomic mass is 32.1. The lowest BCUT2D eigenvalue weighted by Crippen LogP contribution is -2.38. The zero-order chi connectivity index (χ0) is 16.3. The summed E-state index contributed by atoms with van der Waals surface area (Å²) in [5.74, 6) is 2.62. The molecule has 112 valence electrons. The Labute approximate surface area is 138 Å². The third-order valence-corrected chi connectivity index (χ3v) is 4.42. The van der Waals surface area contributed by atoms with Gasteiger partial charge in [-0.3, -0.25) is 0 Å². The second-order valence-corrected chi connectivity index (χ2v) is 5.73. The van der Waals surface area contributed by atoms with Gasteiger partial charge in [0.2, 0.25) is 0 Å². The largest absolute Gasteiger partial charge is 0.322 e. The van der Waals surface area contributed by atoms with Crippen molar-refractivity contribution >= 4 is 28.7 Å². The summed E-state index contributed by atoms with van der Waals surface area (Å²) in [6.45, 7) is 4.22. The predicted octanol–water partition coefficient (Wildman–Crippen LogP) is 4.14. The Morgan fingerprint density at radius 3 is 2.00 bits per heavy atom. The number of terminal acetylenes is 1. The van der Waals surface area contributed by atoms with Crippen molar-refractivity contribution in [1.82, 2.24) is 0 Å². The van der Waals surface area contributed by atoms with Crippen molar-refractivity contribution in [2.45, 2.75) is 13.8 Å². The Kier molecular flexibility index (Phi) is 4.85. The van der Waals surface area contributed by atoms with Crippen LogP contribution in [0.5, 0.6) is 0 Å². The Hall–Kier alpha value is -2.31. The first-order valence-electron chi connectivity index (χ1n) is 7.09. The second-order valence-electron chi connectivity index (χ2n) is 5.36. The molecular weight excluding hydrogens is 288 g/mol. The van der Waals surface area contributed by atoms with Gasteiger partial charge in [-0.15, -0.1) is 6.42 Å². The molecule has 0 aliphatic carbocycles. The molecule has 22 heavy (non-hydrogen) atoms. The number of anilines is 2. The molecule has 0 aromatic heterocycles. The smallest absolute Gasteiger partial charge is 0.180 e. The quantitative estimate of drug-likeness (QED) is 0.608. The van der Waals surface area contributed by atoms with Crippen LogP contribution in [0.1, 0.15) is 16.7 Å². The summed E-state index contributed by atoms with van der Waals surface area (Å²) in [6, 6.07) is 14.2. The Bertz CT molecular complexity index is 726. The molecule has 0 N–H and O–H groups in total. The van der Waals surface area contributed by atoms with Gasteiger partial charge in [-0.1, -0.05) is 12.0 Å². The summed E-state index contributed by atoms with van der Waals surface area (Å²) in [7, 11) is 3.95. The Balaban J connectivity index is 2.21. The molecule has 0 heterocycles. The van der Waals surface area contributed by atoms with Crippen LogP contribution >= 0.6 is 12.2 Å². The maximum Gasteiger partial charge on any atom is 0.180 e. The van der Waals surface area contributed by atoms with Gasteiger partial charge >= 0.3 is 0 Å². The molecule has 0 unspecified atom stereocenters. The highest BCUT2D eigenvalue weighted by molar-refractivity contribution is 7.80. The number of hydrogen-bond donors (Lipinski definition) is 0. The molecule has 2 nitrogen and oxygen atoms in total. The number of benzene rings is 2. The van der Waals surface area contributed by atoms with Crippen LogP contribution in [0.25, 0.3) is 0 Å². The minimum absolute atomic E-state index is 0.733. The van der Waals surface area contributed by atoms with E-state index in [1.807, 2.05) is 48.2 Å². The molecule has 0 saturated heterocycles. The lowest BCUT2D eigenvalue weighted by Gasteiger charge is -2.28. The molecule has 3 heteroatoms. The van der Waals surface area contributed by atoms with E-state index in [-0.39, 0.29) is 0 Å². The molecule has 0 fully saturated rings. The average molecular weight is 308 g/mol.